The second-order valence-corrected chi connectivity index (χ2v) is 4.19. The summed E-state index contributed by atoms with van der Waals surface area (Å²) in [5.74, 6) is 0. The van der Waals surface area contributed by atoms with Gasteiger partial charge in [0.05, 0.1) is 17.2 Å². The fraction of sp³-hybridized carbons (Fsp3) is 0.0625. The Morgan fingerprint density at radius 3 is 2.15 bits per heavy atom. The van der Waals surface area contributed by atoms with Crippen molar-refractivity contribution < 1.29 is 13.2 Å². The first-order valence-corrected chi connectivity index (χ1v) is 5.84. The van der Waals surface area contributed by atoms with Gasteiger partial charge >= 0.3 is 6.18 Å². The molecule has 4 heteroatoms. The molecule has 0 atom stereocenters. The highest BCUT2D eigenvalue weighted by Gasteiger charge is 2.30. The largest absolute Gasteiger partial charge is 0.416 e. The van der Waals surface area contributed by atoms with Gasteiger partial charge in [-0.15, -0.1) is 0 Å². The minimum atomic E-state index is -4.34. The van der Waals surface area contributed by atoms with Crippen molar-refractivity contribution in [3.05, 3.63) is 70.8 Å². The van der Waals surface area contributed by atoms with E-state index < -0.39 is 11.7 Å². The van der Waals surface area contributed by atoms with E-state index in [0.29, 0.717) is 11.1 Å². The maximum Gasteiger partial charge on any atom is 0.416 e. The molecule has 2 aromatic carbocycles. The van der Waals surface area contributed by atoms with Crippen LogP contribution in [0.3, 0.4) is 0 Å². The third-order valence-corrected chi connectivity index (χ3v) is 2.72. The molecule has 1 nitrogen and oxygen atoms in total. The molecule has 2 rings (SSSR count). The van der Waals surface area contributed by atoms with E-state index in [2.05, 4.69) is 0 Å². The van der Waals surface area contributed by atoms with Crippen LogP contribution in [0, 0.1) is 11.3 Å². The molecule has 0 radical (unpaired) electrons. The van der Waals surface area contributed by atoms with Gasteiger partial charge in [-0.1, -0.05) is 36.4 Å². The van der Waals surface area contributed by atoms with E-state index in [1.807, 2.05) is 6.07 Å². The number of rotatable bonds is 2. The van der Waals surface area contributed by atoms with Gasteiger partial charge < -0.3 is 0 Å². The Hall–Kier alpha value is -2.54. The summed E-state index contributed by atoms with van der Waals surface area (Å²) in [6.45, 7) is 0. The highest BCUT2D eigenvalue weighted by atomic mass is 19.4. The van der Waals surface area contributed by atoms with E-state index in [1.54, 1.807) is 42.5 Å². The number of nitriles is 1. The number of hydrogen-bond acceptors (Lipinski definition) is 1. The lowest BCUT2D eigenvalue weighted by atomic mass is 10.1. The van der Waals surface area contributed by atoms with Crippen molar-refractivity contribution in [3.8, 4) is 6.07 Å². The average Bonchev–Trinajstić information content (AvgIpc) is 2.45. The van der Waals surface area contributed by atoms with Gasteiger partial charge in [0.1, 0.15) is 0 Å². The zero-order chi connectivity index (χ0) is 14.6. The molecule has 0 fully saturated rings. The summed E-state index contributed by atoms with van der Waals surface area (Å²) in [4.78, 5) is 0. The van der Waals surface area contributed by atoms with E-state index in [-0.39, 0.29) is 0 Å². The standard InChI is InChI=1S/C16H10F3N/c17-16(18,19)15-3-1-2-13(10-15)7-4-12-5-8-14(11-20)9-6-12/h1-10H. The number of alkyl halides is 3. The first-order valence-electron chi connectivity index (χ1n) is 5.84. The second-order valence-electron chi connectivity index (χ2n) is 4.19. The molecule has 0 unspecified atom stereocenters. The van der Waals surface area contributed by atoms with Crippen LogP contribution in [0.1, 0.15) is 22.3 Å². The predicted octanol–water partition coefficient (Wildman–Crippen LogP) is 4.75. The van der Waals surface area contributed by atoms with E-state index in [4.69, 9.17) is 5.26 Å². The van der Waals surface area contributed by atoms with Crippen molar-refractivity contribution in [2.75, 3.05) is 0 Å². The highest BCUT2D eigenvalue weighted by molar-refractivity contribution is 5.70. The molecular formula is C16H10F3N. The first kappa shape index (κ1) is 13.9. The third-order valence-electron chi connectivity index (χ3n) is 2.72. The molecule has 0 aromatic heterocycles. The first-order chi connectivity index (χ1) is 9.49. The summed E-state index contributed by atoms with van der Waals surface area (Å²) in [5, 5.41) is 8.67. The van der Waals surface area contributed by atoms with Crippen molar-refractivity contribution in [1.82, 2.24) is 0 Å². The molecule has 0 bridgehead atoms. The Morgan fingerprint density at radius 1 is 0.900 bits per heavy atom. The molecule has 0 heterocycles. The molecule has 0 N–H and O–H groups in total. The summed E-state index contributed by atoms with van der Waals surface area (Å²) >= 11 is 0. The van der Waals surface area contributed by atoms with Crippen LogP contribution >= 0.6 is 0 Å². The fourth-order valence-corrected chi connectivity index (χ4v) is 1.68. The molecule has 0 amide bonds. The van der Waals surface area contributed by atoms with Gasteiger partial charge in [0, 0.05) is 0 Å². The SMILES string of the molecule is N#Cc1ccc(C=Cc2cccc(C(F)(F)F)c2)cc1. The number of halogens is 3. The highest BCUT2D eigenvalue weighted by Crippen LogP contribution is 2.29. The molecule has 20 heavy (non-hydrogen) atoms. The van der Waals surface area contributed by atoms with E-state index in [1.165, 1.54) is 6.07 Å². The second kappa shape index (κ2) is 5.62. The Kier molecular flexibility index (Phi) is 3.90. The van der Waals surface area contributed by atoms with Crippen LogP contribution in [-0.4, -0.2) is 0 Å². The Labute approximate surface area is 114 Å². The van der Waals surface area contributed by atoms with Crippen LogP contribution < -0.4 is 0 Å². The zero-order valence-corrected chi connectivity index (χ0v) is 10.4. The maximum absolute atomic E-state index is 12.6. The molecule has 0 aliphatic rings. The van der Waals surface area contributed by atoms with Gasteiger partial charge in [0.2, 0.25) is 0 Å². The van der Waals surface area contributed by atoms with Crippen molar-refractivity contribution in [2.24, 2.45) is 0 Å². The lowest BCUT2D eigenvalue weighted by Gasteiger charge is -2.06. The Morgan fingerprint density at radius 2 is 1.55 bits per heavy atom. The lowest BCUT2D eigenvalue weighted by Crippen LogP contribution is -2.04. The number of nitrogens with zero attached hydrogens (tertiary/aromatic N) is 1. The minimum absolute atomic E-state index is 0.476. The number of hydrogen-bond donors (Lipinski definition) is 0. The normalized spacial score (nSPS) is 11.5. The lowest BCUT2D eigenvalue weighted by molar-refractivity contribution is -0.137. The Balaban J connectivity index is 2.21. The average molecular weight is 273 g/mol. The van der Waals surface area contributed by atoms with Gasteiger partial charge in [-0.25, -0.2) is 0 Å². The predicted molar refractivity (Wildman–Crippen MR) is 71.5 cm³/mol. The molecule has 0 spiro atoms. The summed E-state index contributed by atoms with van der Waals surface area (Å²) in [7, 11) is 0. The van der Waals surface area contributed by atoms with Crippen LogP contribution in [0.15, 0.2) is 48.5 Å². The van der Waals surface area contributed by atoms with Crippen molar-refractivity contribution in [3.63, 3.8) is 0 Å². The fourth-order valence-electron chi connectivity index (χ4n) is 1.68. The summed E-state index contributed by atoms with van der Waals surface area (Å²) < 4.78 is 37.7. The van der Waals surface area contributed by atoms with Crippen LogP contribution in [-0.2, 0) is 6.18 Å². The number of benzene rings is 2. The Bertz CT molecular complexity index is 661. The smallest absolute Gasteiger partial charge is 0.192 e. The zero-order valence-electron chi connectivity index (χ0n) is 10.4. The topological polar surface area (TPSA) is 23.8 Å². The van der Waals surface area contributed by atoms with E-state index in [0.717, 1.165) is 17.7 Å². The molecule has 0 aliphatic heterocycles. The van der Waals surface area contributed by atoms with Crippen LogP contribution in [0.25, 0.3) is 12.2 Å². The third kappa shape index (κ3) is 3.48. The summed E-state index contributed by atoms with van der Waals surface area (Å²) in [6.07, 6.45) is -1.02. The molecule has 0 saturated carbocycles. The van der Waals surface area contributed by atoms with Gasteiger partial charge in [0.25, 0.3) is 0 Å². The van der Waals surface area contributed by atoms with Crippen molar-refractivity contribution in [2.45, 2.75) is 6.18 Å². The quantitative estimate of drug-likeness (QED) is 0.724. The van der Waals surface area contributed by atoms with Crippen molar-refractivity contribution in [1.29, 1.82) is 5.26 Å². The van der Waals surface area contributed by atoms with Gasteiger partial charge in [-0.05, 0) is 35.4 Å². The van der Waals surface area contributed by atoms with Gasteiger partial charge in [-0.3, -0.25) is 0 Å². The minimum Gasteiger partial charge on any atom is -0.192 e. The van der Waals surface area contributed by atoms with Gasteiger partial charge in [-0.2, -0.15) is 18.4 Å². The summed E-state index contributed by atoms with van der Waals surface area (Å²) in [6, 6.07) is 13.9. The van der Waals surface area contributed by atoms with E-state index in [9.17, 15) is 13.2 Å². The summed E-state index contributed by atoms with van der Waals surface area (Å²) in [5.41, 5.74) is 1.17. The van der Waals surface area contributed by atoms with Gasteiger partial charge in [0.15, 0.2) is 0 Å². The molecule has 2 aromatic rings. The molecule has 100 valence electrons. The van der Waals surface area contributed by atoms with Crippen LogP contribution in [0.2, 0.25) is 0 Å². The molecule has 0 aliphatic carbocycles. The molecule has 0 saturated heterocycles. The van der Waals surface area contributed by atoms with Crippen LogP contribution in [0.4, 0.5) is 13.2 Å². The molecular weight excluding hydrogens is 263 g/mol. The van der Waals surface area contributed by atoms with Crippen molar-refractivity contribution >= 4 is 12.2 Å². The maximum atomic E-state index is 12.6. The van der Waals surface area contributed by atoms with E-state index >= 15 is 0 Å². The van der Waals surface area contributed by atoms with Crippen LogP contribution in [0.5, 0.6) is 0 Å². The monoisotopic (exact) mass is 273 g/mol.